The van der Waals surface area contributed by atoms with Gasteiger partial charge in [-0.2, -0.15) is 5.90 Å². The van der Waals surface area contributed by atoms with Crippen LogP contribution in [0.15, 0.2) is 24.3 Å². The molecule has 0 amide bonds. The fourth-order valence-electron chi connectivity index (χ4n) is 0.670. The lowest BCUT2D eigenvalue weighted by Crippen LogP contribution is -2.01. The van der Waals surface area contributed by atoms with E-state index in [1.807, 2.05) is 0 Å². The summed E-state index contributed by atoms with van der Waals surface area (Å²) in [5.41, 5.74) is -0.0343. The normalized spacial score (nSPS) is 9.18. The minimum absolute atomic E-state index is 0.0343. The van der Waals surface area contributed by atoms with E-state index < -0.39 is 4.92 Å². The van der Waals surface area contributed by atoms with Crippen molar-refractivity contribution in [2.45, 2.75) is 0 Å². The maximum absolute atomic E-state index is 10.2. The molecule has 0 spiro atoms. The van der Waals surface area contributed by atoms with Crippen molar-refractivity contribution in [3.05, 3.63) is 34.4 Å². The molecular weight excluding hydrogens is 148 g/mol. The van der Waals surface area contributed by atoms with Gasteiger partial charge in [-0.25, -0.2) is 0 Å². The van der Waals surface area contributed by atoms with Gasteiger partial charge in [-0.3, -0.25) is 10.1 Å². The summed E-state index contributed by atoms with van der Waals surface area (Å²) in [6.45, 7) is 0. The van der Waals surface area contributed by atoms with Crippen LogP contribution in [0, 0.1) is 10.1 Å². The largest absolute Gasteiger partial charge is 0.411 e. The molecule has 58 valence electrons. The second-order valence-electron chi connectivity index (χ2n) is 1.87. The predicted molar refractivity (Wildman–Crippen MR) is 37.9 cm³/mol. The van der Waals surface area contributed by atoms with E-state index in [2.05, 4.69) is 4.84 Å². The van der Waals surface area contributed by atoms with Crippen LogP contribution in [-0.4, -0.2) is 4.92 Å². The van der Waals surface area contributed by atoms with Crippen LogP contribution in [0.2, 0.25) is 0 Å². The number of non-ortho nitro benzene ring substituents is 1. The van der Waals surface area contributed by atoms with Crippen molar-refractivity contribution < 1.29 is 9.76 Å². The molecule has 0 heterocycles. The Morgan fingerprint density at radius 3 is 2.82 bits per heavy atom. The van der Waals surface area contributed by atoms with Gasteiger partial charge < -0.3 is 4.84 Å². The SMILES string of the molecule is NOc1cccc([N+](=O)[O-])c1. The van der Waals surface area contributed by atoms with Gasteiger partial charge in [0, 0.05) is 6.07 Å². The maximum Gasteiger partial charge on any atom is 0.273 e. The number of benzene rings is 1. The van der Waals surface area contributed by atoms with E-state index in [9.17, 15) is 10.1 Å². The molecule has 0 radical (unpaired) electrons. The molecular formula is C6H6N2O3. The molecule has 1 rings (SSSR count). The van der Waals surface area contributed by atoms with E-state index in [4.69, 9.17) is 5.90 Å². The Balaban J connectivity index is 3.01. The lowest BCUT2D eigenvalue weighted by molar-refractivity contribution is -0.384. The smallest absolute Gasteiger partial charge is 0.273 e. The van der Waals surface area contributed by atoms with Crippen molar-refractivity contribution in [1.82, 2.24) is 0 Å². The molecule has 0 fully saturated rings. The first kappa shape index (κ1) is 7.49. The molecule has 0 unspecified atom stereocenters. The molecule has 11 heavy (non-hydrogen) atoms. The van der Waals surface area contributed by atoms with Crippen LogP contribution >= 0.6 is 0 Å². The van der Waals surface area contributed by atoms with Crippen molar-refractivity contribution in [3.63, 3.8) is 0 Å². The molecule has 0 bridgehead atoms. The van der Waals surface area contributed by atoms with Gasteiger partial charge in [0.05, 0.1) is 11.0 Å². The molecule has 2 N–H and O–H groups in total. The van der Waals surface area contributed by atoms with Crippen LogP contribution in [0.3, 0.4) is 0 Å². The fourth-order valence-corrected chi connectivity index (χ4v) is 0.670. The topological polar surface area (TPSA) is 78.4 Å². The first-order valence-corrected chi connectivity index (χ1v) is 2.85. The molecule has 0 aliphatic carbocycles. The lowest BCUT2D eigenvalue weighted by atomic mass is 10.3. The maximum atomic E-state index is 10.2. The van der Waals surface area contributed by atoms with Gasteiger partial charge in [-0.15, -0.1) is 0 Å². The minimum atomic E-state index is -0.511. The van der Waals surface area contributed by atoms with Crippen molar-refractivity contribution >= 4 is 5.69 Å². The third-order valence-corrected chi connectivity index (χ3v) is 1.16. The second kappa shape index (κ2) is 2.98. The Bertz CT molecular complexity index is 274. The monoisotopic (exact) mass is 154 g/mol. The number of hydrogen-bond acceptors (Lipinski definition) is 4. The first-order chi connectivity index (χ1) is 5.24. The molecule has 0 saturated heterocycles. The van der Waals surface area contributed by atoms with Crippen LogP contribution < -0.4 is 10.7 Å². The third-order valence-electron chi connectivity index (χ3n) is 1.16. The lowest BCUT2D eigenvalue weighted by Gasteiger charge is -1.95. The van der Waals surface area contributed by atoms with Crippen LogP contribution in [0.1, 0.15) is 0 Å². The van der Waals surface area contributed by atoms with Crippen molar-refractivity contribution in [3.8, 4) is 5.75 Å². The highest BCUT2D eigenvalue weighted by Gasteiger charge is 2.04. The van der Waals surface area contributed by atoms with Gasteiger partial charge in [-0.05, 0) is 6.07 Å². The Morgan fingerprint density at radius 1 is 1.55 bits per heavy atom. The standard InChI is InChI=1S/C6H6N2O3/c7-11-6-3-1-2-5(4-6)8(9)10/h1-4H,7H2. The number of hydrogen-bond donors (Lipinski definition) is 1. The van der Waals surface area contributed by atoms with Gasteiger partial charge in [-0.1, -0.05) is 6.07 Å². The Hall–Kier alpha value is -1.62. The predicted octanol–water partition coefficient (Wildman–Crippen LogP) is 0.847. The minimum Gasteiger partial charge on any atom is -0.411 e. The third kappa shape index (κ3) is 1.65. The van der Waals surface area contributed by atoms with Gasteiger partial charge in [0.1, 0.15) is 0 Å². The summed E-state index contributed by atoms with van der Waals surface area (Å²) in [5, 5.41) is 10.2. The summed E-state index contributed by atoms with van der Waals surface area (Å²) < 4.78 is 0. The zero-order valence-corrected chi connectivity index (χ0v) is 5.56. The molecule has 1 aromatic rings. The van der Waals surface area contributed by atoms with E-state index in [1.54, 1.807) is 0 Å². The van der Waals surface area contributed by atoms with E-state index in [0.717, 1.165) is 0 Å². The molecule has 5 heteroatoms. The first-order valence-electron chi connectivity index (χ1n) is 2.85. The Kier molecular flexibility index (Phi) is 2.03. The van der Waals surface area contributed by atoms with E-state index in [0.29, 0.717) is 0 Å². The van der Waals surface area contributed by atoms with E-state index >= 15 is 0 Å². The fraction of sp³-hybridized carbons (Fsp3) is 0. The number of nitro groups is 1. The van der Waals surface area contributed by atoms with Gasteiger partial charge in [0.2, 0.25) is 0 Å². The molecule has 0 aliphatic rings. The van der Waals surface area contributed by atoms with Crippen molar-refractivity contribution in [1.29, 1.82) is 0 Å². The highest BCUT2D eigenvalue weighted by atomic mass is 16.6. The second-order valence-corrected chi connectivity index (χ2v) is 1.87. The Morgan fingerprint density at radius 2 is 2.27 bits per heavy atom. The number of rotatable bonds is 2. The number of nitrogens with zero attached hydrogens (tertiary/aromatic N) is 1. The molecule has 0 aromatic heterocycles. The van der Waals surface area contributed by atoms with E-state index in [1.165, 1.54) is 24.3 Å². The zero-order chi connectivity index (χ0) is 8.27. The average Bonchev–Trinajstić information content (AvgIpc) is 2.05. The molecule has 0 saturated carbocycles. The van der Waals surface area contributed by atoms with Gasteiger partial charge >= 0.3 is 0 Å². The summed E-state index contributed by atoms with van der Waals surface area (Å²) in [7, 11) is 0. The van der Waals surface area contributed by atoms with Crippen LogP contribution in [0.25, 0.3) is 0 Å². The highest BCUT2D eigenvalue weighted by molar-refractivity contribution is 5.37. The van der Waals surface area contributed by atoms with Gasteiger partial charge in [0.25, 0.3) is 5.69 Å². The summed E-state index contributed by atoms with van der Waals surface area (Å²) in [6.07, 6.45) is 0. The summed E-state index contributed by atoms with van der Waals surface area (Å²) in [6, 6.07) is 5.65. The van der Waals surface area contributed by atoms with E-state index in [-0.39, 0.29) is 11.4 Å². The van der Waals surface area contributed by atoms with Crippen molar-refractivity contribution in [2.75, 3.05) is 0 Å². The number of nitrogens with two attached hydrogens (primary N) is 1. The average molecular weight is 154 g/mol. The van der Waals surface area contributed by atoms with Crippen LogP contribution in [0.4, 0.5) is 5.69 Å². The zero-order valence-electron chi connectivity index (χ0n) is 5.56. The summed E-state index contributed by atoms with van der Waals surface area (Å²) >= 11 is 0. The van der Waals surface area contributed by atoms with Crippen molar-refractivity contribution in [2.24, 2.45) is 5.90 Å². The number of nitro benzene ring substituents is 1. The summed E-state index contributed by atoms with van der Waals surface area (Å²) in [4.78, 5) is 14.0. The Labute approximate surface area is 62.5 Å². The quantitative estimate of drug-likeness (QED) is 0.505. The van der Waals surface area contributed by atoms with Crippen LogP contribution in [-0.2, 0) is 0 Å². The molecule has 0 aliphatic heterocycles. The molecule has 5 nitrogen and oxygen atoms in total. The summed E-state index contributed by atoms with van der Waals surface area (Å²) in [5.74, 6) is 5.07. The molecule has 1 aromatic carbocycles. The van der Waals surface area contributed by atoms with Crippen LogP contribution in [0.5, 0.6) is 5.75 Å². The van der Waals surface area contributed by atoms with Gasteiger partial charge in [0.15, 0.2) is 5.75 Å². The molecule has 0 atom stereocenters. The highest BCUT2D eigenvalue weighted by Crippen LogP contribution is 2.17.